The Bertz CT molecular complexity index is 417. The molecule has 1 fully saturated rings. The van der Waals surface area contributed by atoms with E-state index in [2.05, 4.69) is 10.6 Å². The van der Waals surface area contributed by atoms with Gasteiger partial charge in [-0.1, -0.05) is 11.6 Å². The van der Waals surface area contributed by atoms with Crippen LogP contribution in [0.4, 0.5) is 0 Å². The molecule has 0 aliphatic carbocycles. The number of rotatable bonds is 6. The van der Waals surface area contributed by atoms with E-state index in [1.807, 2.05) is 32.0 Å². The minimum atomic E-state index is 0.180. The third kappa shape index (κ3) is 4.97. The van der Waals surface area contributed by atoms with Gasteiger partial charge in [0, 0.05) is 17.1 Å². The van der Waals surface area contributed by atoms with Gasteiger partial charge < -0.3 is 15.4 Å². The predicted molar refractivity (Wildman–Crippen MR) is 84.5 cm³/mol. The van der Waals surface area contributed by atoms with Crippen LogP contribution in [0.3, 0.4) is 0 Å². The quantitative estimate of drug-likeness (QED) is 0.846. The van der Waals surface area contributed by atoms with Gasteiger partial charge in [-0.2, -0.15) is 0 Å². The number of halogens is 1. The molecule has 1 aliphatic rings. The lowest BCUT2D eigenvalue weighted by Gasteiger charge is -2.23. The highest BCUT2D eigenvalue weighted by atomic mass is 35.5. The SMILES string of the molecule is CC(C)Oc1ccc(Cl)cc1CNCC1CCNCC1. The number of piperidine rings is 1. The Hall–Kier alpha value is -0.770. The van der Waals surface area contributed by atoms with E-state index >= 15 is 0 Å². The lowest BCUT2D eigenvalue weighted by molar-refractivity contribution is 0.239. The van der Waals surface area contributed by atoms with E-state index in [4.69, 9.17) is 16.3 Å². The first kappa shape index (κ1) is 15.6. The number of hydrogen-bond acceptors (Lipinski definition) is 3. The highest BCUT2D eigenvalue weighted by Gasteiger charge is 2.13. The van der Waals surface area contributed by atoms with E-state index < -0.39 is 0 Å². The molecule has 2 rings (SSSR count). The second-order valence-corrected chi connectivity index (χ2v) is 6.18. The second-order valence-electron chi connectivity index (χ2n) is 5.74. The van der Waals surface area contributed by atoms with E-state index in [0.29, 0.717) is 0 Å². The van der Waals surface area contributed by atoms with Gasteiger partial charge in [-0.15, -0.1) is 0 Å². The van der Waals surface area contributed by atoms with Gasteiger partial charge >= 0.3 is 0 Å². The monoisotopic (exact) mass is 296 g/mol. The van der Waals surface area contributed by atoms with Crippen molar-refractivity contribution in [3.05, 3.63) is 28.8 Å². The topological polar surface area (TPSA) is 33.3 Å². The summed E-state index contributed by atoms with van der Waals surface area (Å²) in [4.78, 5) is 0. The lowest BCUT2D eigenvalue weighted by Crippen LogP contribution is -2.33. The van der Waals surface area contributed by atoms with Gasteiger partial charge in [0.25, 0.3) is 0 Å². The Labute approximate surface area is 127 Å². The summed E-state index contributed by atoms with van der Waals surface area (Å²) in [6, 6.07) is 5.84. The summed E-state index contributed by atoms with van der Waals surface area (Å²) in [6.45, 7) is 8.25. The summed E-state index contributed by atoms with van der Waals surface area (Å²) in [5, 5.41) is 7.71. The van der Waals surface area contributed by atoms with Crippen LogP contribution in [0, 0.1) is 5.92 Å². The fourth-order valence-corrected chi connectivity index (χ4v) is 2.75. The maximum Gasteiger partial charge on any atom is 0.124 e. The van der Waals surface area contributed by atoms with E-state index in [1.54, 1.807) is 0 Å². The summed E-state index contributed by atoms with van der Waals surface area (Å²) >= 11 is 6.09. The number of benzene rings is 1. The first-order valence-corrected chi connectivity index (χ1v) is 7.89. The summed E-state index contributed by atoms with van der Waals surface area (Å²) in [6.07, 6.45) is 2.70. The Morgan fingerprint density at radius 2 is 2.10 bits per heavy atom. The molecule has 0 bridgehead atoms. The first-order chi connectivity index (χ1) is 9.65. The summed E-state index contributed by atoms with van der Waals surface area (Å²) < 4.78 is 5.83. The summed E-state index contributed by atoms with van der Waals surface area (Å²) in [7, 11) is 0. The highest BCUT2D eigenvalue weighted by molar-refractivity contribution is 6.30. The Morgan fingerprint density at radius 3 is 2.80 bits per heavy atom. The smallest absolute Gasteiger partial charge is 0.124 e. The molecule has 4 heteroatoms. The van der Waals surface area contributed by atoms with Gasteiger partial charge in [0.2, 0.25) is 0 Å². The predicted octanol–water partition coefficient (Wildman–Crippen LogP) is 3.22. The van der Waals surface area contributed by atoms with Crippen LogP contribution in [-0.4, -0.2) is 25.7 Å². The van der Waals surface area contributed by atoms with Crippen LogP contribution < -0.4 is 15.4 Å². The van der Waals surface area contributed by atoms with Crippen molar-refractivity contribution >= 4 is 11.6 Å². The average Bonchev–Trinajstić information content (AvgIpc) is 2.42. The summed E-state index contributed by atoms with van der Waals surface area (Å²) in [5.41, 5.74) is 1.14. The molecule has 1 aliphatic heterocycles. The van der Waals surface area contributed by atoms with Gasteiger partial charge in [-0.25, -0.2) is 0 Å². The van der Waals surface area contributed by atoms with Crippen molar-refractivity contribution in [2.75, 3.05) is 19.6 Å². The third-order valence-electron chi connectivity index (χ3n) is 3.59. The molecule has 0 saturated carbocycles. The Morgan fingerprint density at radius 1 is 1.35 bits per heavy atom. The van der Waals surface area contributed by atoms with Gasteiger partial charge in [-0.3, -0.25) is 0 Å². The molecule has 0 spiro atoms. The standard InChI is InChI=1S/C16H25ClN2O/c1-12(2)20-16-4-3-15(17)9-14(16)11-19-10-13-5-7-18-8-6-13/h3-4,9,12-13,18-19H,5-8,10-11H2,1-2H3. The highest BCUT2D eigenvalue weighted by Crippen LogP contribution is 2.24. The van der Waals surface area contributed by atoms with Gasteiger partial charge in [0.15, 0.2) is 0 Å². The van der Waals surface area contributed by atoms with Crippen LogP contribution in [0.2, 0.25) is 5.02 Å². The maximum atomic E-state index is 6.09. The molecule has 1 saturated heterocycles. The zero-order valence-corrected chi connectivity index (χ0v) is 13.2. The molecule has 0 unspecified atom stereocenters. The Kier molecular flexibility index (Phi) is 6.14. The van der Waals surface area contributed by atoms with Gasteiger partial charge in [0.05, 0.1) is 6.10 Å². The normalized spacial score (nSPS) is 16.6. The van der Waals surface area contributed by atoms with Crippen molar-refractivity contribution < 1.29 is 4.74 Å². The average molecular weight is 297 g/mol. The molecule has 0 radical (unpaired) electrons. The van der Waals surface area contributed by atoms with Crippen LogP contribution in [0.25, 0.3) is 0 Å². The molecule has 1 aromatic carbocycles. The number of ether oxygens (including phenoxy) is 1. The first-order valence-electron chi connectivity index (χ1n) is 7.51. The largest absolute Gasteiger partial charge is 0.491 e. The molecule has 112 valence electrons. The van der Waals surface area contributed by atoms with Crippen LogP contribution in [-0.2, 0) is 6.54 Å². The zero-order chi connectivity index (χ0) is 14.4. The number of hydrogen-bond donors (Lipinski definition) is 2. The van der Waals surface area contributed by atoms with E-state index in [-0.39, 0.29) is 6.10 Å². The van der Waals surface area contributed by atoms with Gasteiger partial charge in [-0.05, 0) is 70.4 Å². The van der Waals surface area contributed by atoms with Crippen LogP contribution >= 0.6 is 11.6 Å². The third-order valence-corrected chi connectivity index (χ3v) is 3.83. The minimum Gasteiger partial charge on any atom is -0.491 e. The van der Waals surface area contributed by atoms with Crippen LogP contribution in [0.1, 0.15) is 32.3 Å². The molecule has 20 heavy (non-hydrogen) atoms. The fraction of sp³-hybridized carbons (Fsp3) is 0.625. The minimum absolute atomic E-state index is 0.180. The molecule has 1 heterocycles. The van der Waals surface area contributed by atoms with Crippen molar-refractivity contribution in [2.45, 2.75) is 39.3 Å². The fourth-order valence-electron chi connectivity index (χ4n) is 2.55. The van der Waals surface area contributed by atoms with Crippen molar-refractivity contribution in [3.8, 4) is 5.75 Å². The van der Waals surface area contributed by atoms with Crippen molar-refractivity contribution in [3.63, 3.8) is 0 Å². The maximum absolute atomic E-state index is 6.09. The molecular weight excluding hydrogens is 272 g/mol. The molecule has 3 nitrogen and oxygen atoms in total. The number of nitrogens with one attached hydrogen (secondary N) is 2. The zero-order valence-electron chi connectivity index (χ0n) is 12.4. The molecule has 0 amide bonds. The molecule has 1 aromatic rings. The van der Waals surface area contributed by atoms with Crippen molar-refractivity contribution in [2.24, 2.45) is 5.92 Å². The lowest BCUT2D eigenvalue weighted by atomic mass is 9.98. The second kappa shape index (κ2) is 7.87. The van der Waals surface area contributed by atoms with Crippen LogP contribution in [0.15, 0.2) is 18.2 Å². The summed E-state index contributed by atoms with van der Waals surface area (Å²) in [5.74, 6) is 1.71. The molecule has 0 atom stereocenters. The van der Waals surface area contributed by atoms with Crippen molar-refractivity contribution in [1.29, 1.82) is 0 Å². The van der Waals surface area contributed by atoms with Crippen molar-refractivity contribution in [1.82, 2.24) is 10.6 Å². The van der Waals surface area contributed by atoms with Crippen LogP contribution in [0.5, 0.6) is 5.75 Å². The van der Waals surface area contributed by atoms with E-state index in [9.17, 15) is 0 Å². The molecule has 2 N–H and O–H groups in total. The van der Waals surface area contributed by atoms with E-state index in [0.717, 1.165) is 48.4 Å². The molecule has 0 aromatic heterocycles. The van der Waals surface area contributed by atoms with E-state index in [1.165, 1.54) is 12.8 Å². The Balaban J connectivity index is 1.88. The molecular formula is C16H25ClN2O. The van der Waals surface area contributed by atoms with Gasteiger partial charge in [0.1, 0.15) is 5.75 Å².